The number of aliphatic hydroxyl groups is 1. The molecular formula is C15H16FN3O2. The average molecular weight is 289 g/mol. The molecule has 2 rings (SSSR count). The van der Waals surface area contributed by atoms with Crippen molar-refractivity contribution in [1.29, 1.82) is 0 Å². The van der Waals surface area contributed by atoms with Crippen LogP contribution in [0.1, 0.15) is 16.8 Å². The molecule has 0 unspecified atom stereocenters. The van der Waals surface area contributed by atoms with E-state index < -0.39 is 0 Å². The van der Waals surface area contributed by atoms with Crippen molar-refractivity contribution < 1.29 is 14.3 Å². The van der Waals surface area contributed by atoms with Crippen molar-refractivity contribution in [2.75, 3.05) is 18.5 Å². The fraction of sp³-hybridized carbons (Fsp3) is 0.200. The SMILES string of the molecule is O=C(NCCCO)c1cccnc1Nc1cccc(F)c1. The van der Waals surface area contributed by atoms with Gasteiger partial charge >= 0.3 is 0 Å². The van der Waals surface area contributed by atoms with Crippen molar-refractivity contribution in [3.8, 4) is 0 Å². The van der Waals surface area contributed by atoms with Crippen LogP contribution in [-0.2, 0) is 0 Å². The van der Waals surface area contributed by atoms with Crippen LogP contribution in [0.3, 0.4) is 0 Å². The molecule has 0 aliphatic rings. The molecule has 0 atom stereocenters. The number of hydrogen-bond donors (Lipinski definition) is 3. The summed E-state index contributed by atoms with van der Waals surface area (Å²) in [5, 5.41) is 14.3. The molecule has 1 aromatic heterocycles. The van der Waals surface area contributed by atoms with Crippen LogP contribution in [0.4, 0.5) is 15.9 Å². The van der Waals surface area contributed by atoms with Crippen molar-refractivity contribution in [1.82, 2.24) is 10.3 Å². The largest absolute Gasteiger partial charge is 0.396 e. The van der Waals surface area contributed by atoms with Crippen molar-refractivity contribution >= 4 is 17.4 Å². The molecule has 0 fully saturated rings. The molecule has 1 heterocycles. The van der Waals surface area contributed by atoms with Crippen LogP contribution in [0.15, 0.2) is 42.6 Å². The number of carbonyl (C=O) groups is 1. The lowest BCUT2D eigenvalue weighted by Crippen LogP contribution is -2.26. The average Bonchev–Trinajstić information content (AvgIpc) is 2.48. The first-order chi connectivity index (χ1) is 10.2. The maximum absolute atomic E-state index is 13.2. The Balaban J connectivity index is 2.15. The van der Waals surface area contributed by atoms with Crippen LogP contribution in [0, 0.1) is 5.82 Å². The van der Waals surface area contributed by atoms with E-state index in [1.54, 1.807) is 30.5 Å². The molecule has 1 amide bonds. The zero-order valence-corrected chi connectivity index (χ0v) is 11.3. The van der Waals surface area contributed by atoms with Gasteiger partial charge in [0.15, 0.2) is 0 Å². The Labute approximate surface area is 121 Å². The Morgan fingerprint density at radius 1 is 1.29 bits per heavy atom. The van der Waals surface area contributed by atoms with Crippen molar-refractivity contribution in [3.63, 3.8) is 0 Å². The Morgan fingerprint density at radius 2 is 2.14 bits per heavy atom. The number of amides is 1. The number of aliphatic hydroxyl groups excluding tert-OH is 1. The molecule has 0 aliphatic carbocycles. The normalized spacial score (nSPS) is 10.2. The number of carbonyl (C=O) groups excluding carboxylic acids is 1. The third-order valence-electron chi connectivity index (χ3n) is 2.76. The summed E-state index contributed by atoms with van der Waals surface area (Å²) in [5.41, 5.74) is 0.873. The first-order valence-corrected chi connectivity index (χ1v) is 6.57. The van der Waals surface area contributed by atoms with E-state index in [2.05, 4.69) is 15.6 Å². The lowest BCUT2D eigenvalue weighted by molar-refractivity contribution is 0.0951. The Hall–Kier alpha value is -2.47. The van der Waals surface area contributed by atoms with Crippen molar-refractivity contribution in [2.24, 2.45) is 0 Å². The number of nitrogens with one attached hydrogen (secondary N) is 2. The van der Waals surface area contributed by atoms with Gasteiger partial charge in [0.25, 0.3) is 5.91 Å². The standard InChI is InChI=1S/C15H16FN3O2/c16-11-4-1-5-12(10-11)19-14-13(6-2-7-17-14)15(21)18-8-3-9-20/h1-2,4-7,10,20H,3,8-9H2,(H,17,19)(H,18,21). The Kier molecular flexibility index (Phi) is 5.22. The third-order valence-corrected chi connectivity index (χ3v) is 2.76. The minimum Gasteiger partial charge on any atom is -0.396 e. The van der Waals surface area contributed by atoms with Gasteiger partial charge in [0.2, 0.25) is 0 Å². The van der Waals surface area contributed by atoms with E-state index in [1.165, 1.54) is 12.1 Å². The highest BCUT2D eigenvalue weighted by molar-refractivity contribution is 5.99. The van der Waals surface area contributed by atoms with Gasteiger partial charge in [-0.25, -0.2) is 9.37 Å². The predicted molar refractivity (Wildman–Crippen MR) is 78.0 cm³/mol. The maximum atomic E-state index is 13.2. The molecule has 0 radical (unpaired) electrons. The van der Waals surface area contributed by atoms with Gasteiger partial charge in [0.05, 0.1) is 5.56 Å². The zero-order chi connectivity index (χ0) is 15.1. The second-order valence-corrected chi connectivity index (χ2v) is 4.37. The summed E-state index contributed by atoms with van der Waals surface area (Å²) in [7, 11) is 0. The van der Waals surface area contributed by atoms with E-state index in [0.29, 0.717) is 30.0 Å². The van der Waals surface area contributed by atoms with Gasteiger partial charge in [-0.3, -0.25) is 4.79 Å². The van der Waals surface area contributed by atoms with Crippen LogP contribution in [0.25, 0.3) is 0 Å². The highest BCUT2D eigenvalue weighted by atomic mass is 19.1. The minimum atomic E-state index is -0.370. The van der Waals surface area contributed by atoms with Crippen LogP contribution in [0.2, 0.25) is 0 Å². The van der Waals surface area contributed by atoms with Gasteiger partial charge in [-0.15, -0.1) is 0 Å². The molecule has 5 nitrogen and oxygen atoms in total. The summed E-state index contributed by atoms with van der Waals surface area (Å²) in [4.78, 5) is 16.2. The van der Waals surface area contributed by atoms with Gasteiger partial charge < -0.3 is 15.7 Å². The lowest BCUT2D eigenvalue weighted by Gasteiger charge is -2.11. The molecule has 21 heavy (non-hydrogen) atoms. The van der Waals surface area contributed by atoms with E-state index in [1.807, 2.05) is 0 Å². The fourth-order valence-corrected chi connectivity index (χ4v) is 1.77. The quantitative estimate of drug-likeness (QED) is 0.712. The lowest BCUT2D eigenvalue weighted by atomic mass is 10.2. The number of anilines is 2. The number of aromatic nitrogens is 1. The molecular weight excluding hydrogens is 273 g/mol. The number of benzene rings is 1. The number of hydrogen-bond acceptors (Lipinski definition) is 4. The molecule has 0 aliphatic heterocycles. The monoisotopic (exact) mass is 289 g/mol. The smallest absolute Gasteiger partial charge is 0.255 e. The Bertz CT molecular complexity index is 619. The van der Waals surface area contributed by atoms with E-state index in [9.17, 15) is 9.18 Å². The number of rotatable bonds is 6. The minimum absolute atomic E-state index is 0.0156. The van der Waals surface area contributed by atoms with Gasteiger partial charge in [-0.05, 0) is 36.8 Å². The second kappa shape index (κ2) is 7.35. The van der Waals surface area contributed by atoms with E-state index in [4.69, 9.17) is 5.11 Å². The molecule has 2 aromatic rings. The number of halogens is 1. The van der Waals surface area contributed by atoms with Crippen LogP contribution in [-0.4, -0.2) is 29.1 Å². The topological polar surface area (TPSA) is 74.2 Å². The highest BCUT2D eigenvalue weighted by Crippen LogP contribution is 2.19. The first-order valence-electron chi connectivity index (χ1n) is 6.57. The molecule has 0 saturated carbocycles. The van der Waals surface area contributed by atoms with Gasteiger partial charge in [-0.2, -0.15) is 0 Å². The highest BCUT2D eigenvalue weighted by Gasteiger charge is 2.12. The molecule has 0 spiro atoms. The summed E-state index contributed by atoms with van der Waals surface area (Å²) >= 11 is 0. The summed E-state index contributed by atoms with van der Waals surface area (Å²) < 4.78 is 13.2. The Morgan fingerprint density at radius 3 is 2.90 bits per heavy atom. The maximum Gasteiger partial charge on any atom is 0.255 e. The third kappa shape index (κ3) is 4.25. The molecule has 0 saturated heterocycles. The predicted octanol–water partition coefficient (Wildman–Crippen LogP) is 2.08. The number of pyridine rings is 1. The van der Waals surface area contributed by atoms with E-state index in [-0.39, 0.29) is 18.3 Å². The van der Waals surface area contributed by atoms with E-state index >= 15 is 0 Å². The fourth-order valence-electron chi connectivity index (χ4n) is 1.77. The second-order valence-electron chi connectivity index (χ2n) is 4.37. The van der Waals surface area contributed by atoms with E-state index in [0.717, 1.165) is 0 Å². The number of nitrogens with zero attached hydrogens (tertiary/aromatic N) is 1. The summed E-state index contributed by atoms with van der Waals surface area (Å²) in [5.74, 6) is -0.315. The van der Waals surface area contributed by atoms with Crippen LogP contribution < -0.4 is 10.6 Å². The first kappa shape index (κ1) is 14.9. The van der Waals surface area contributed by atoms with Gasteiger partial charge in [-0.1, -0.05) is 6.07 Å². The van der Waals surface area contributed by atoms with Crippen LogP contribution in [0.5, 0.6) is 0 Å². The molecule has 6 heteroatoms. The molecule has 3 N–H and O–H groups in total. The van der Waals surface area contributed by atoms with Crippen molar-refractivity contribution in [2.45, 2.75) is 6.42 Å². The van der Waals surface area contributed by atoms with Gasteiger partial charge in [0.1, 0.15) is 11.6 Å². The molecule has 0 bridgehead atoms. The molecule has 1 aromatic carbocycles. The molecule has 110 valence electrons. The summed E-state index contributed by atoms with van der Waals surface area (Å²) in [6.07, 6.45) is 2.03. The summed E-state index contributed by atoms with van der Waals surface area (Å²) in [6.45, 7) is 0.394. The summed E-state index contributed by atoms with van der Waals surface area (Å²) in [6, 6.07) is 9.20. The van der Waals surface area contributed by atoms with Crippen molar-refractivity contribution in [3.05, 3.63) is 54.0 Å². The van der Waals surface area contributed by atoms with Crippen LogP contribution >= 0.6 is 0 Å². The zero-order valence-electron chi connectivity index (χ0n) is 11.3. The van der Waals surface area contributed by atoms with Gasteiger partial charge in [0, 0.05) is 25.0 Å².